The fourth-order valence-electron chi connectivity index (χ4n) is 6.61. The quantitative estimate of drug-likeness (QED) is 0.165. The van der Waals surface area contributed by atoms with Crippen LogP contribution in [-0.4, -0.2) is 25.8 Å². The number of hydrogen-bond donors (Lipinski definition) is 2. The summed E-state index contributed by atoms with van der Waals surface area (Å²) in [5.41, 5.74) is 7.47. The predicted octanol–water partition coefficient (Wildman–Crippen LogP) is 8.83. The highest BCUT2D eigenvalue weighted by Gasteiger charge is 2.41. The molecule has 7 nitrogen and oxygen atoms in total. The van der Waals surface area contributed by atoms with Crippen LogP contribution < -0.4 is 10.6 Å². The van der Waals surface area contributed by atoms with Gasteiger partial charge in [0.2, 0.25) is 0 Å². The van der Waals surface area contributed by atoms with Crippen molar-refractivity contribution in [3.8, 4) is 11.3 Å². The Balaban J connectivity index is 1.49. The van der Waals surface area contributed by atoms with Gasteiger partial charge in [0.25, 0.3) is 0 Å². The Hall–Kier alpha value is -6.08. The van der Waals surface area contributed by atoms with Crippen LogP contribution >= 0.6 is 0 Å². The molecule has 0 saturated carbocycles. The van der Waals surface area contributed by atoms with Crippen molar-refractivity contribution in [1.82, 2.24) is 25.1 Å². The average molecular weight is 629 g/mol. The Bertz CT molecular complexity index is 2080. The van der Waals surface area contributed by atoms with Crippen molar-refractivity contribution in [3.05, 3.63) is 179 Å². The van der Waals surface area contributed by atoms with E-state index in [1.165, 1.54) is 0 Å². The summed E-state index contributed by atoms with van der Waals surface area (Å²) in [6.07, 6.45) is 1.81. The average Bonchev–Trinajstić information content (AvgIpc) is 3.50. The highest BCUT2D eigenvalue weighted by Crippen LogP contribution is 2.44. The number of aryl methyl sites for hydroxylation is 2. The summed E-state index contributed by atoms with van der Waals surface area (Å²) >= 11 is 0. The van der Waals surface area contributed by atoms with Crippen LogP contribution in [0.15, 0.2) is 146 Å². The molecule has 0 saturated heterocycles. The second-order valence-electron chi connectivity index (χ2n) is 12.0. The molecule has 0 unspecified atom stereocenters. The SMILES string of the molecule is Cc1cc(-c2nn(C(c3ccccc3)(c3ccccc3)c3ccccc3)c3cc(NC(=O)N[C@H](C)c4ccccc4)nc(C)c23)ccn1. The maximum absolute atomic E-state index is 13.4. The number of hydrogen-bond acceptors (Lipinski definition) is 4. The molecule has 4 aromatic carbocycles. The Labute approximate surface area is 280 Å². The number of aromatic nitrogens is 4. The minimum atomic E-state index is -0.877. The van der Waals surface area contributed by atoms with E-state index in [-0.39, 0.29) is 12.1 Å². The number of rotatable bonds is 8. The molecule has 0 aliphatic heterocycles. The number of benzene rings is 4. The van der Waals surface area contributed by atoms with Gasteiger partial charge in [-0.15, -0.1) is 0 Å². The summed E-state index contributed by atoms with van der Waals surface area (Å²) in [6.45, 7) is 5.91. The van der Waals surface area contributed by atoms with E-state index >= 15 is 0 Å². The number of carbonyl (C=O) groups is 1. The molecule has 7 aromatic rings. The van der Waals surface area contributed by atoms with Crippen LogP contribution in [0.2, 0.25) is 0 Å². The van der Waals surface area contributed by atoms with Crippen LogP contribution in [0.1, 0.15) is 46.6 Å². The molecule has 7 heteroatoms. The van der Waals surface area contributed by atoms with Gasteiger partial charge in [-0.1, -0.05) is 121 Å². The molecule has 2 amide bonds. The number of carbonyl (C=O) groups excluding carboxylic acids is 1. The first-order valence-electron chi connectivity index (χ1n) is 16.1. The zero-order chi connectivity index (χ0) is 33.1. The largest absolute Gasteiger partial charge is 0.331 e. The highest BCUT2D eigenvalue weighted by molar-refractivity contribution is 5.98. The molecule has 0 bridgehead atoms. The van der Waals surface area contributed by atoms with Gasteiger partial charge < -0.3 is 5.32 Å². The summed E-state index contributed by atoms with van der Waals surface area (Å²) < 4.78 is 2.11. The standard InChI is InChI=1S/C41H36N6O/c1-28-26-32(24-25-42-28)39-38-30(3)43-37(45-40(48)44-29(2)31-16-8-4-9-17-31)27-36(38)47(46-39)41(33-18-10-5-11-19-33,34-20-12-6-13-21-34)35-22-14-7-15-23-35/h4-27,29H,1-3H3,(H2,43,44,45,48)/t29-/m1/s1. The molecule has 236 valence electrons. The molecule has 1 atom stereocenters. The molecular formula is C41H36N6O. The third-order valence-electron chi connectivity index (χ3n) is 8.80. The second kappa shape index (κ2) is 13.0. The van der Waals surface area contributed by atoms with Crippen LogP contribution in [0.4, 0.5) is 10.6 Å². The van der Waals surface area contributed by atoms with Crippen LogP contribution in [0.3, 0.4) is 0 Å². The maximum atomic E-state index is 13.4. The van der Waals surface area contributed by atoms with Crippen LogP contribution in [0.25, 0.3) is 22.2 Å². The van der Waals surface area contributed by atoms with E-state index in [2.05, 4.69) is 93.1 Å². The predicted molar refractivity (Wildman–Crippen MR) is 192 cm³/mol. The Morgan fingerprint density at radius 3 is 1.81 bits per heavy atom. The van der Waals surface area contributed by atoms with Crippen molar-refractivity contribution in [2.75, 3.05) is 5.32 Å². The minimum absolute atomic E-state index is 0.190. The molecule has 3 heterocycles. The van der Waals surface area contributed by atoms with Crippen molar-refractivity contribution in [1.29, 1.82) is 0 Å². The molecule has 0 aliphatic rings. The van der Waals surface area contributed by atoms with Gasteiger partial charge in [0.1, 0.15) is 17.1 Å². The van der Waals surface area contributed by atoms with E-state index in [9.17, 15) is 4.79 Å². The van der Waals surface area contributed by atoms with Gasteiger partial charge in [0.15, 0.2) is 0 Å². The van der Waals surface area contributed by atoms with E-state index in [0.717, 1.165) is 55.8 Å². The van der Waals surface area contributed by atoms with Gasteiger partial charge in [-0.05, 0) is 55.2 Å². The smallest absolute Gasteiger partial charge is 0.320 e. The second-order valence-corrected chi connectivity index (χ2v) is 12.0. The topological polar surface area (TPSA) is 84.7 Å². The van der Waals surface area contributed by atoms with Gasteiger partial charge >= 0.3 is 6.03 Å². The number of urea groups is 1. The lowest BCUT2D eigenvalue weighted by Crippen LogP contribution is -2.38. The van der Waals surface area contributed by atoms with Gasteiger partial charge in [-0.25, -0.2) is 14.5 Å². The molecular weight excluding hydrogens is 592 g/mol. The number of nitrogens with zero attached hydrogens (tertiary/aromatic N) is 4. The first kappa shape index (κ1) is 30.6. The summed E-state index contributed by atoms with van der Waals surface area (Å²) in [7, 11) is 0. The molecule has 0 radical (unpaired) electrons. The summed E-state index contributed by atoms with van der Waals surface area (Å²) in [5.74, 6) is 0.430. The van der Waals surface area contributed by atoms with Gasteiger partial charge in [0.05, 0.1) is 17.3 Å². The van der Waals surface area contributed by atoms with Crippen molar-refractivity contribution in [2.24, 2.45) is 0 Å². The lowest BCUT2D eigenvalue weighted by atomic mass is 9.77. The highest BCUT2D eigenvalue weighted by atomic mass is 16.2. The lowest BCUT2D eigenvalue weighted by Gasteiger charge is -2.37. The molecule has 0 aliphatic carbocycles. The van der Waals surface area contributed by atoms with Crippen LogP contribution in [0, 0.1) is 13.8 Å². The van der Waals surface area contributed by atoms with Gasteiger partial charge in [0, 0.05) is 28.9 Å². The molecule has 0 fully saturated rings. The van der Waals surface area contributed by atoms with Crippen LogP contribution in [-0.2, 0) is 5.54 Å². The fourth-order valence-corrected chi connectivity index (χ4v) is 6.61. The van der Waals surface area contributed by atoms with Crippen molar-refractivity contribution < 1.29 is 4.79 Å². The van der Waals surface area contributed by atoms with Crippen molar-refractivity contribution in [2.45, 2.75) is 32.4 Å². The summed E-state index contributed by atoms with van der Waals surface area (Å²) in [5, 5.41) is 12.5. The van der Waals surface area contributed by atoms with E-state index in [4.69, 9.17) is 10.1 Å². The zero-order valence-corrected chi connectivity index (χ0v) is 27.1. The molecule has 3 aromatic heterocycles. The van der Waals surface area contributed by atoms with E-state index in [1.807, 2.05) is 93.7 Å². The Morgan fingerprint density at radius 1 is 0.729 bits per heavy atom. The monoisotopic (exact) mass is 628 g/mol. The number of amides is 2. The number of pyridine rings is 2. The van der Waals surface area contributed by atoms with Gasteiger partial charge in [-0.3, -0.25) is 10.3 Å². The molecule has 7 rings (SSSR count). The first-order valence-corrected chi connectivity index (χ1v) is 16.1. The minimum Gasteiger partial charge on any atom is -0.331 e. The van der Waals surface area contributed by atoms with Crippen molar-refractivity contribution >= 4 is 22.8 Å². The summed E-state index contributed by atoms with van der Waals surface area (Å²) in [4.78, 5) is 22.7. The third-order valence-corrected chi connectivity index (χ3v) is 8.80. The number of nitrogens with one attached hydrogen (secondary N) is 2. The third kappa shape index (κ3) is 5.60. The maximum Gasteiger partial charge on any atom is 0.320 e. The Kier molecular flexibility index (Phi) is 8.26. The lowest BCUT2D eigenvalue weighted by molar-refractivity contribution is 0.249. The number of fused-ring (bicyclic) bond motifs is 1. The fraction of sp³-hybridized carbons (Fsp3) is 0.122. The van der Waals surface area contributed by atoms with Crippen molar-refractivity contribution in [3.63, 3.8) is 0 Å². The summed E-state index contributed by atoms with van der Waals surface area (Å²) in [6, 6.07) is 46.7. The van der Waals surface area contributed by atoms with E-state index in [1.54, 1.807) is 0 Å². The molecule has 48 heavy (non-hydrogen) atoms. The molecule has 2 N–H and O–H groups in total. The van der Waals surface area contributed by atoms with Crippen LogP contribution in [0.5, 0.6) is 0 Å². The van der Waals surface area contributed by atoms with Gasteiger partial charge in [-0.2, -0.15) is 5.10 Å². The zero-order valence-electron chi connectivity index (χ0n) is 27.1. The normalized spacial score (nSPS) is 12.1. The van der Waals surface area contributed by atoms with E-state index < -0.39 is 5.54 Å². The number of anilines is 1. The molecule has 0 spiro atoms. The Morgan fingerprint density at radius 2 is 1.27 bits per heavy atom. The van der Waals surface area contributed by atoms with E-state index in [0.29, 0.717) is 5.82 Å². The first-order chi connectivity index (χ1) is 23.4.